The number of carbonyl (C=O) groups excluding carboxylic acids is 1. The van der Waals surface area contributed by atoms with Crippen molar-refractivity contribution in [2.75, 3.05) is 17.2 Å². The van der Waals surface area contributed by atoms with Gasteiger partial charge >= 0.3 is 0 Å². The Kier molecular flexibility index (Phi) is 8.21. The molecular weight excluding hydrogens is 404 g/mol. The molecule has 1 aliphatic rings. The lowest BCUT2D eigenvalue weighted by Gasteiger charge is -2.27. The van der Waals surface area contributed by atoms with Gasteiger partial charge in [0, 0.05) is 31.5 Å². The molecule has 4 N–H and O–H groups in total. The number of hydrogen-bond acceptors (Lipinski definition) is 7. The Balaban J connectivity index is 1.71. The molecule has 2 aromatic rings. The third-order valence-corrected chi connectivity index (χ3v) is 5.35. The van der Waals surface area contributed by atoms with Crippen molar-refractivity contribution in [2.24, 2.45) is 0 Å². The number of aromatic nitrogens is 3. The molecule has 3 rings (SSSR count). The van der Waals surface area contributed by atoms with Crippen LogP contribution in [-0.2, 0) is 6.54 Å². The highest BCUT2D eigenvalue weighted by atomic mass is 35.5. The fourth-order valence-corrected chi connectivity index (χ4v) is 3.43. The summed E-state index contributed by atoms with van der Waals surface area (Å²) in [4.78, 5) is 25.7. The van der Waals surface area contributed by atoms with E-state index in [1.807, 2.05) is 6.07 Å². The summed E-state index contributed by atoms with van der Waals surface area (Å²) in [5, 5.41) is 19.7. The molecule has 0 aliphatic heterocycles. The molecule has 162 valence electrons. The van der Waals surface area contributed by atoms with Gasteiger partial charge < -0.3 is 21.1 Å². The lowest BCUT2D eigenvalue weighted by Crippen LogP contribution is -2.31. The molecule has 2 aromatic heterocycles. The molecule has 0 aromatic carbocycles. The summed E-state index contributed by atoms with van der Waals surface area (Å²) in [5.74, 6) is 0.751. The fraction of sp³-hybridized carbons (Fsp3) is 0.524. The number of pyridine rings is 1. The Morgan fingerprint density at radius 2 is 2.00 bits per heavy atom. The molecule has 8 nitrogen and oxygen atoms in total. The normalized spacial score (nSPS) is 18.6. The molecule has 1 fully saturated rings. The first kappa shape index (κ1) is 22.2. The minimum Gasteiger partial charge on any atom is -0.393 e. The minimum atomic E-state index is -0.261. The Morgan fingerprint density at radius 3 is 2.70 bits per heavy atom. The number of hydrogen-bond donors (Lipinski definition) is 4. The van der Waals surface area contributed by atoms with Crippen LogP contribution < -0.4 is 16.0 Å². The molecule has 0 unspecified atom stereocenters. The van der Waals surface area contributed by atoms with Crippen molar-refractivity contribution in [1.82, 2.24) is 20.3 Å². The zero-order chi connectivity index (χ0) is 21.3. The number of carbonyl (C=O) groups is 1. The van der Waals surface area contributed by atoms with E-state index in [4.69, 9.17) is 11.6 Å². The fourth-order valence-electron chi connectivity index (χ4n) is 3.32. The van der Waals surface area contributed by atoms with Gasteiger partial charge in [0.15, 0.2) is 0 Å². The molecular formula is C21H29ClN6O2. The van der Waals surface area contributed by atoms with E-state index in [1.54, 1.807) is 18.5 Å². The lowest BCUT2D eigenvalue weighted by molar-refractivity contribution is 0.0950. The summed E-state index contributed by atoms with van der Waals surface area (Å²) in [6.45, 7) is 3.23. The summed E-state index contributed by atoms with van der Waals surface area (Å²) in [7, 11) is 0. The number of amides is 1. The summed E-state index contributed by atoms with van der Waals surface area (Å²) in [6, 6.07) is 3.67. The van der Waals surface area contributed by atoms with Gasteiger partial charge in [-0.3, -0.25) is 4.79 Å². The van der Waals surface area contributed by atoms with Crippen LogP contribution in [0.25, 0.3) is 0 Å². The van der Waals surface area contributed by atoms with Crippen LogP contribution in [0, 0.1) is 0 Å². The van der Waals surface area contributed by atoms with Crippen LogP contribution in [-0.4, -0.2) is 44.7 Å². The van der Waals surface area contributed by atoms with E-state index < -0.39 is 0 Å². The lowest BCUT2D eigenvalue weighted by atomic mass is 9.93. The second-order valence-electron chi connectivity index (χ2n) is 7.56. The van der Waals surface area contributed by atoms with Crippen LogP contribution in [0.2, 0.25) is 5.15 Å². The number of anilines is 2. The first-order valence-electron chi connectivity index (χ1n) is 10.5. The highest BCUT2D eigenvalue weighted by molar-refractivity contribution is 6.29. The maximum Gasteiger partial charge on any atom is 0.256 e. The average molecular weight is 433 g/mol. The first-order valence-corrected chi connectivity index (χ1v) is 10.9. The number of aliphatic hydroxyl groups excluding tert-OH is 1. The molecule has 0 bridgehead atoms. The maximum absolute atomic E-state index is 12.8. The van der Waals surface area contributed by atoms with Crippen molar-refractivity contribution in [3.63, 3.8) is 0 Å². The summed E-state index contributed by atoms with van der Waals surface area (Å²) in [5.41, 5.74) is 1.24. The van der Waals surface area contributed by atoms with Gasteiger partial charge in [0.2, 0.25) is 5.95 Å². The maximum atomic E-state index is 12.8. The van der Waals surface area contributed by atoms with E-state index in [0.717, 1.165) is 50.6 Å². The third kappa shape index (κ3) is 6.53. The van der Waals surface area contributed by atoms with Crippen molar-refractivity contribution in [3.8, 4) is 0 Å². The highest BCUT2D eigenvalue weighted by Gasteiger charge is 2.22. The Bertz CT molecular complexity index is 825. The third-order valence-electron chi connectivity index (χ3n) is 5.13. The Labute approximate surface area is 181 Å². The largest absolute Gasteiger partial charge is 0.393 e. The van der Waals surface area contributed by atoms with Gasteiger partial charge in [-0.05, 0) is 43.7 Å². The Morgan fingerprint density at radius 1 is 1.20 bits per heavy atom. The van der Waals surface area contributed by atoms with Crippen LogP contribution >= 0.6 is 11.6 Å². The van der Waals surface area contributed by atoms with Crippen molar-refractivity contribution in [1.29, 1.82) is 0 Å². The molecule has 1 aliphatic carbocycles. The molecule has 1 amide bonds. The SMILES string of the molecule is CCCCNc1ncc(C(=O)NCc2ccc(Cl)nc2)c(N[C@H]2CC[C@H](O)CC2)n1. The van der Waals surface area contributed by atoms with Gasteiger partial charge in [-0.1, -0.05) is 31.0 Å². The van der Waals surface area contributed by atoms with Crippen LogP contribution in [0.5, 0.6) is 0 Å². The number of rotatable bonds is 9. The van der Waals surface area contributed by atoms with Crippen molar-refractivity contribution < 1.29 is 9.90 Å². The quantitative estimate of drug-likeness (QED) is 0.355. The molecule has 1 saturated carbocycles. The van der Waals surface area contributed by atoms with Gasteiger partial charge in [-0.2, -0.15) is 4.98 Å². The van der Waals surface area contributed by atoms with Gasteiger partial charge in [-0.15, -0.1) is 0 Å². The second kappa shape index (κ2) is 11.1. The van der Waals surface area contributed by atoms with E-state index in [2.05, 4.69) is 37.8 Å². The standard InChI is InChI=1S/C21H29ClN6O2/c1-2-3-10-23-21-26-13-17(19(28-21)27-15-5-7-16(29)8-6-15)20(30)25-12-14-4-9-18(22)24-11-14/h4,9,11,13,15-16,29H,2-3,5-8,10,12H2,1H3,(H,25,30)(H2,23,26,27,28)/t15-,16-. The van der Waals surface area contributed by atoms with E-state index in [1.165, 1.54) is 0 Å². The molecule has 9 heteroatoms. The van der Waals surface area contributed by atoms with E-state index in [-0.39, 0.29) is 18.1 Å². The monoisotopic (exact) mass is 432 g/mol. The number of unbranched alkanes of at least 4 members (excludes halogenated alkanes) is 1. The van der Waals surface area contributed by atoms with E-state index in [9.17, 15) is 9.90 Å². The number of aliphatic hydroxyl groups is 1. The molecule has 0 atom stereocenters. The first-order chi connectivity index (χ1) is 14.5. The summed E-state index contributed by atoms with van der Waals surface area (Å²) < 4.78 is 0. The van der Waals surface area contributed by atoms with Gasteiger partial charge in [0.1, 0.15) is 16.5 Å². The number of nitrogens with one attached hydrogen (secondary N) is 3. The van der Waals surface area contributed by atoms with Gasteiger partial charge in [-0.25, -0.2) is 9.97 Å². The van der Waals surface area contributed by atoms with E-state index in [0.29, 0.717) is 29.0 Å². The van der Waals surface area contributed by atoms with Crippen LogP contribution in [0.3, 0.4) is 0 Å². The van der Waals surface area contributed by atoms with Crippen LogP contribution in [0.4, 0.5) is 11.8 Å². The van der Waals surface area contributed by atoms with Crippen LogP contribution in [0.1, 0.15) is 61.4 Å². The topological polar surface area (TPSA) is 112 Å². The molecule has 0 radical (unpaired) electrons. The smallest absolute Gasteiger partial charge is 0.256 e. The molecule has 30 heavy (non-hydrogen) atoms. The van der Waals surface area contributed by atoms with Crippen molar-refractivity contribution in [2.45, 2.75) is 64.1 Å². The van der Waals surface area contributed by atoms with Gasteiger partial charge in [0.25, 0.3) is 5.91 Å². The molecule has 2 heterocycles. The Hall–Kier alpha value is -2.45. The molecule has 0 saturated heterocycles. The van der Waals surface area contributed by atoms with Crippen molar-refractivity contribution in [3.05, 3.63) is 40.8 Å². The predicted molar refractivity (Wildman–Crippen MR) is 118 cm³/mol. The van der Waals surface area contributed by atoms with E-state index >= 15 is 0 Å². The van der Waals surface area contributed by atoms with Crippen LogP contribution in [0.15, 0.2) is 24.5 Å². The molecule has 0 spiro atoms. The highest BCUT2D eigenvalue weighted by Crippen LogP contribution is 2.24. The number of nitrogens with zero attached hydrogens (tertiary/aromatic N) is 3. The zero-order valence-electron chi connectivity index (χ0n) is 17.2. The average Bonchev–Trinajstić information content (AvgIpc) is 2.75. The summed E-state index contributed by atoms with van der Waals surface area (Å²) >= 11 is 5.81. The number of halogens is 1. The van der Waals surface area contributed by atoms with Crippen molar-refractivity contribution >= 4 is 29.3 Å². The summed E-state index contributed by atoms with van der Waals surface area (Å²) in [6.07, 6.45) is 8.19. The minimum absolute atomic E-state index is 0.166. The zero-order valence-corrected chi connectivity index (χ0v) is 18.0. The van der Waals surface area contributed by atoms with Gasteiger partial charge in [0.05, 0.1) is 6.10 Å². The predicted octanol–water partition coefficient (Wildman–Crippen LogP) is 3.38. The second-order valence-corrected chi connectivity index (χ2v) is 7.95.